The van der Waals surface area contributed by atoms with Gasteiger partial charge >= 0.3 is 6.03 Å². The number of rotatable bonds is 8. The Kier molecular flexibility index (Phi) is 9.36. The molecule has 0 rings (SSSR count). The molecule has 3 unspecified atom stereocenters. The molecule has 0 aliphatic heterocycles. The van der Waals surface area contributed by atoms with Crippen LogP contribution in [0.15, 0.2) is 0 Å². The summed E-state index contributed by atoms with van der Waals surface area (Å²) in [5.41, 5.74) is 0. The topological polar surface area (TPSA) is 61.4 Å². The first-order chi connectivity index (χ1) is 7.99. The van der Waals surface area contributed by atoms with Crippen molar-refractivity contribution in [3.05, 3.63) is 0 Å². The summed E-state index contributed by atoms with van der Waals surface area (Å²) in [5, 5.41) is 15.0. The molecule has 0 aromatic carbocycles. The van der Waals surface area contributed by atoms with Gasteiger partial charge in [-0.2, -0.15) is 11.8 Å². The Morgan fingerprint density at radius 2 is 2.06 bits per heavy atom. The summed E-state index contributed by atoms with van der Waals surface area (Å²) < 4.78 is 0. The lowest BCUT2D eigenvalue weighted by Crippen LogP contribution is -2.44. The van der Waals surface area contributed by atoms with E-state index in [0.717, 1.165) is 12.2 Å². The monoisotopic (exact) mass is 262 g/mol. The highest BCUT2D eigenvalue weighted by atomic mass is 32.2. The molecule has 0 aromatic heterocycles. The fourth-order valence-corrected chi connectivity index (χ4v) is 2.35. The van der Waals surface area contributed by atoms with Crippen LogP contribution in [0, 0.1) is 5.92 Å². The van der Waals surface area contributed by atoms with Crippen molar-refractivity contribution in [1.82, 2.24) is 10.6 Å². The molecule has 0 spiro atoms. The van der Waals surface area contributed by atoms with Gasteiger partial charge in [0.15, 0.2) is 0 Å². The van der Waals surface area contributed by atoms with Crippen LogP contribution in [0.4, 0.5) is 4.79 Å². The molecule has 0 aliphatic carbocycles. The molecule has 0 aliphatic rings. The van der Waals surface area contributed by atoms with Crippen LogP contribution in [0.2, 0.25) is 0 Å². The highest BCUT2D eigenvalue weighted by Gasteiger charge is 2.11. The van der Waals surface area contributed by atoms with Gasteiger partial charge in [0, 0.05) is 18.3 Å². The number of carbonyl (C=O) groups excluding carboxylic acids is 1. The molecular weight excluding hydrogens is 236 g/mol. The summed E-state index contributed by atoms with van der Waals surface area (Å²) in [6.45, 7) is 6.46. The van der Waals surface area contributed by atoms with Crippen molar-refractivity contribution >= 4 is 17.8 Å². The molecule has 4 nitrogen and oxygen atoms in total. The van der Waals surface area contributed by atoms with Crippen molar-refractivity contribution in [2.24, 2.45) is 5.92 Å². The molecular formula is C12H26N2O2S. The van der Waals surface area contributed by atoms with Crippen LogP contribution in [-0.4, -0.2) is 41.8 Å². The van der Waals surface area contributed by atoms with Crippen molar-refractivity contribution < 1.29 is 9.90 Å². The number of amides is 2. The van der Waals surface area contributed by atoms with Crippen LogP contribution in [0.1, 0.15) is 33.6 Å². The summed E-state index contributed by atoms with van der Waals surface area (Å²) in [4.78, 5) is 11.6. The maximum atomic E-state index is 11.6. The van der Waals surface area contributed by atoms with E-state index in [4.69, 9.17) is 0 Å². The third kappa shape index (κ3) is 9.30. The molecule has 0 saturated heterocycles. The number of aliphatic hydroxyl groups is 1. The molecule has 0 fully saturated rings. The lowest BCUT2D eigenvalue weighted by molar-refractivity contribution is 0.163. The van der Waals surface area contributed by atoms with Crippen LogP contribution < -0.4 is 10.6 Å². The van der Waals surface area contributed by atoms with Gasteiger partial charge in [0.1, 0.15) is 0 Å². The van der Waals surface area contributed by atoms with Crippen molar-refractivity contribution in [1.29, 1.82) is 0 Å². The Balaban J connectivity index is 3.77. The number of nitrogens with one attached hydrogen (secondary N) is 2. The average Bonchev–Trinajstić information content (AvgIpc) is 2.25. The van der Waals surface area contributed by atoms with Crippen molar-refractivity contribution in [2.75, 3.05) is 18.6 Å². The van der Waals surface area contributed by atoms with Crippen LogP contribution >= 0.6 is 11.8 Å². The predicted molar refractivity (Wildman–Crippen MR) is 74.5 cm³/mol. The molecule has 102 valence electrons. The van der Waals surface area contributed by atoms with Gasteiger partial charge in [-0.15, -0.1) is 0 Å². The third-order valence-electron chi connectivity index (χ3n) is 2.55. The van der Waals surface area contributed by atoms with Crippen molar-refractivity contribution in [2.45, 2.75) is 45.8 Å². The van der Waals surface area contributed by atoms with Gasteiger partial charge in [0.05, 0.1) is 6.10 Å². The van der Waals surface area contributed by atoms with E-state index >= 15 is 0 Å². The zero-order valence-electron chi connectivity index (χ0n) is 11.3. The highest BCUT2D eigenvalue weighted by Crippen LogP contribution is 2.04. The summed E-state index contributed by atoms with van der Waals surface area (Å²) in [6.07, 6.45) is 3.38. The first-order valence-electron chi connectivity index (χ1n) is 6.20. The number of thioether (sulfide) groups is 1. The second-order valence-electron chi connectivity index (χ2n) is 4.60. The molecule has 0 radical (unpaired) electrons. The molecule has 0 bridgehead atoms. The van der Waals surface area contributed by atoms with E-state index in [1.165, 1.54) is 0 Å². The summed E-state index contributed by atoms with van der Waals surface area (Å²) in [6, 6.07) is 0.125. The number of hydrogen-bond acceptors (Lipinski definition) is 3. The standard InChI is InChI=1S/C12H26N2O2S/c1-5-11(8-17-4)14-12(16)13-7-9(2)6-10(3)15/h9-11,15H,5-8H2,1-4H3,(H2,13,14,16). The summed E-state index contributed by atoms with van der Waals surface area (Å²) >= 11 is 1.73. The first kappa shape index (κ1) is 16.6. The van der Waals surface area contributed by atoms with Gasteiger partial charge in [-0.05, 0) is 31.9 Å². The molecule has 3 N–H and O–H groups in total. The zero-order chi connectivity index (χ0) is 13.3. The maximum Gasteiger partial charge on any atom is 0.315 e. The maximum absolute atomic E-state index is 11.6. The number of carbonyl (C=O) groups is 1. The molecule has 3 atom stereocenters. The lowest BCUT2D eigenvalue weighted by Gasteiger charge is -2.18. The quantitative estimate of drug-likeness (QED) is 0.625. The van der Waals surface area contributed by atoms with E-state index in [9.17, 15) is 9.90 Å². The molecule has 17 heavy (non-hydrogen) atoms. The minimum absolute atomic E-state index is 0.108. The molecule has 2 amide bonds. The Labute approximate surface area is 109 Å². The largest absolute Gasteiger partial charge is 0.393 e. The zero-order valence-corrected chi connectivity index (χ0v) is 12.1. The third-order valence-corrected chi connectivity index (χ3v) is 3.29. The van der Waals surface area contributed by atoms with E-state index in [0.29, 0.717) is 18.9 Å². The summed E-state index contributed by atoms with van der Waals surface area (Å²) in [5.74, 6) is 1.23. The fourth-order valence-electron chi connectivity index (χ4n) is 1.63. The Bertz CT molecular complexity index is 213. The summed E-state index contributed by atoms with van der Waals surface area (Å²) in [7, 11) is 0. The lowest BCUT2D eigenvalue weighted by atomic mass is 10.1. The van der Waals surface area contributed by atoms with Gasteiger partial charge in [-0.25, -0.2) is 4.79 Å². The number of urea groups is 1. The number of aliphatic hydroxyl groups excluding tert-OH is 1. The molecule has 0 heterocycles. The van der Waals surface area contributed by atoms with Gasteiger partial charge < -0.3 is 15.7 Å². The van der Waals surface area contributed by atoms with E-state index in [-0.39, 0.29) is 18.2 Å². The number of hydrogen-bond donors (Lipinski definition) is 3. The average molecular weight is 262 g/mol. The smallest absolute Gasteiger partial charge is 0.315 e. The molecule has 5 heteroatoms. The second-order valence-corrected chi connectivity index (χ2v) is 5.52. The van der Waals surface area contributed by atoms with E-state index in [2.05, 4.69) is 17.6 Å². The normalized spacial score (nSPS) is 16.1. The van der Waals surface area contributed by atoms with Crippen molar-refractivity contribution in [3.63, 3.8) is 0 Å². The van der Waals surface area contributed by atoms with Crippen LogP contribution in [0.3, 0.4) is 0 Å². The predicted octanol–water partition coefficient (Wildman–Crippen LogP) is 1.83. The minimum atomic E-state index is -0.310. The Morgan fingerprint density at radius 1 is 1.41 bits per heavy atom. The van der Waals surface area contributed by atoms with Crippen LogP contribution in [-0.2, 0) is 0 Å². The second kappa shape index (κ2) is 9.59. The van der Waals surface area contributed by atoms with Crippen molar-refractivity contribution in [3.8, 4) is 0 Å². The molecule has 0 saturated carbocycles. The van der Waals surface area contributed by atoms with Gasteiger partial charge in [0.25, 0.3) is 0 Å². The van der Waals surface area contributed by atoms with Gasteiger partial charge in [-0.3, -0.25) is 0 Å². The van der Waals surface area contributed by atoms with E-state index in [1.807, 2.05) is 13.2 Å². The first-order valence-corrected chi connectivity index (χ1v) is 7.60. The van der Waals surface area contributed by atoms with Crippen LogP contribution in [0.5, 0.6) is 0 Å². The Morgan fingerprint density at radius 3 is 2.53 bits per heavy atom. The van der Waals surface area contributed by atoms with E-state index < -0.39 is 0 Å². The SMILES string of the molecule is CCC(CSC)NC(=O)NCC(C)CC(C)O. The highest BCUT2D eigenvalue weighted by molar-refractivity contribution is 7.98. The Hall–Kier alpha value is -0.420. The van der Waals surface area contributed by atoms with Gasteiger partial charge in [0.2, 0.25) is 0 Å². The van der Waals surface area contributed by atoms with Crippen LogP contribution in [0.25, 0.3) is 0 Å². The van der Waals surface area contributed by atoms with Gasteiger partial charge in [-0.1, -0.05) is 13.8 Å². The molecule has 0 aromatic rings. The minimum Gasteiger partial charge on any atom is -0.393 e. The fraction of sp³-hybridized carbons (Fsp3) is 0.917. The van der Waals surface area contributed by atoms with E-state index in [1.54, 1.807) is 18.7 Å².